The molecule has 5 nitrogen and oxygen atoms in total. The molecule has 0 atom stereocenters. The van der Waals surface area contributed by atoms with Crippen LogP contribution in [0.15, 0.2) is 22.6 Å². The highest BCUT2D eigenvalue weighted by molar-refractivity contribution is 5.57. The average molecular weight is 287 g/mol. The van der Waals surface area contributed by atoms with Crippen LogP contribution in [0.2, 0.25) is 0 Å². The lowest BCUT2D eigenvalue weighted by Crippen LogP contribution is -2.16. The highest BCUT2D eigenvalue weighted by Crippen LogP contribution is 2.29. The van der Waals surface area contributed by atoms with Crippen molar-refractivity contribution in [2.75, 3.05) is 19.7 Å². The monoisotopic (exact) mass is 287 g/mol. The Bertz CT molecular complexity index is 595. The first-order valence-corrected chi connectivity index (χ1v) is 7.66. The number of rotatable bonds is 7. The molecule has 5 heteroatoms. The molecule has 0 aliphatic carbocycles. The van der Waals surface area contributed by atoms with Crippen LogP contribution in [0, 0.1) is 0 Å². The molecular weight excluding hydrogens is 266 g/mol. The molecule has 0 amide bonds. The maximum Gasteiger partial charge on any atom is 0.247 e. The molecule has 1 aliphatic heterocycles. The normalized spacial score (nSPS) is 13.2. The molecule has 2 aromatic rings. The van der Waals surface area contributed by atoms with Crippen molar-refractivity contribution in [3.8, 4) is 17.2 Å². The van der Waals surface area contributed by atoms with Crippen LogP contribution in [-0.4, -0.2) is 29.9 Å². The number of ether oxygens (including phenoxy) is 1. The quantitative estimate of drug-likeness (QED) is 0.793. The average Bonchev–Trinajstić information content (AvgIpc) is 3.15. The Hall–Kier alpha value is -1.88. The molecule has 0 radical (unpaired) electrons. The van der Waals surface area contributed by atoms with Gasteiger partial charge in [0.25, 0.3) is 0 Å². The predicted molar refractivity (Wildman–Crippen MR) is 80.4 cm³/mol. The van der Waals surface area contributed by atoms with Gasteiger partial charge in [-0.25, -0.2) is 0 Å². The summed E-state index contributed by atoms with van der Waals surface area (Å²) in [6.45, 7) is 4.98. The number of aromatic nitrogens is 2. The van der Waals surface area contributed by atoms with Crippen molar-refractivity contribution in [2.45, 2.75) is 32.6 Å². The van der Waals surface area contributed by atoms with E-state index in [1.165, 1.54) is 5.56 Å². The first-order valence-electron chi connectivity index (χ1n) is 7.66. The minimum absolute atomic E-state index is 0.598. The number of benzene rings is 1. The molecule has 1 aromatic carbocycles. The van der Waals surface area contributed by atoms with Crippen molar-refractivity contribution >= 4 is 0 Å². The Labute approximate surface area is 124 Å². The molecule has 2 heterocycles. The minimum Gasteiger partial charge on any atom is -0.493 e. The zero-order valence-corrected chi connectivity index (χ0v) is 12.4. The van der Waals surface area contributed by atoms with Crippen LogP contribution in [0.1, 0.15) is 31.2 Å². The molecular formula is C16H21N3O2. The third-order valence-corrected chi connectivity index (χ3v) is 3.57. The Kier molecular flexibility index (Phi) is 4.50. The van der Waals surface area contributed by atoms with Gasteiger partial charge in [0.15, 0.2) is 0 Å². The second kappa shape index (κ2) is 6.72. The molecule has 1 aromatic heterocycles. The largest absolute Gasteiger partial charge is 0.493 e. The first-order chi connectivity index (χ1) is 10.4. The van der Waals surface area contributed by atoms with E-state index in [9.17, 15) is 0 Å². The number of hydrogen-bond donors (Lipinski definition) is 1. The molecule has 21 heavy (non-hydrogen) atoms. The van der Waals surface area contributed by atoms with Crippen molar-refractivity contribution in [1.29, 1.82) is 0 Å². The van der Waals surface area contributed by atoms with E-state index in [1.807, 2.05) is 12.1 Å². The van der Waals surface area contributed by atoms with Gasteiger partial charge in [0.2, 0.25) is 11.8 Å². The fraction of sp³-hybridized carbons (Fsp3) is 0.500. The lowest BCUT2D eigenvalue weighted by Gasteiger charge is -2.00. The van der Waals surface area contributed by atoms with Crippen molar-refractivity contribution in [2.24, 2.45) is 0 Å². The summed E-state index contributed by atoms with van der Waals surface area (Å²) in [5, 5.41) is 11.6. The summed E-state index contributed by atoms with van der Waals surface area (Å²) in [6, 6.07) is 6.04. The van der Waals surface area contributed by atoms with Gasteiger partial charge >= 0.3 is 0 Å². The lowest BCUT2D eigenvalue weighted by molar-refractivity contribution is 0.357. The smallest absolute Gasteiger partial charge is 0.247 e. The molecule has 112 valence electrons. The van der Waals surface area contributed by atoms with E-state index >= 15 is 0 Å². The molecule has 0 spiro atoms. The second-order valence-corrected chi connectivity index (χ2v) is 5.28. The molecule has 0 bridgehead atoms. The fourth-order valence-corrected chi connectivity index (χ4v) is 2.46. The van der Waals surface area contributed by atoms with E-state index in [0.717, 1.165) is 56.7 Å². The van der Waals surface area contributed by atoms with Gasteiger partial charge in [0.05, 0.1) is 6.61 Å². The summed E-state index contributed by atoms with van der Waals surface area (Å²) < 4.78 is 11.3. The van der Waals surface area contributed by atoms with Crippen molar-refractivity contribution < 1.29 is 9.15 Å². The third-order valence-electron chi connectivity index (χ3n) is 3.57. The number of fused-ring (bicyclic) bond motifs is 1. The highest BCUT2D eigenvalue weighted by Gasteiger charge is 2.15. The minimum atomic E-state index is 0.598. The summed E-state index contributed by atoms with van der Waals surface area (Å²) in [7, 11) is 0. The molecule has 3 rings (SSSR count). The van der Waals surface area contributed by atoms with Gasteiger partial charge in [-0.3, -0.25) is 0 Å². The Morgan fingerprint density at radius 3 is 3.10 bits per heavy atom. The van der Waals surface area contributed by atoms with Crippen molar-refractivity contribution in [3.63, 3.8) is 0 Å². The summed E-state index contributed by atoms with van der Waals surface area (Å²) in [5.41, 5.74) is 2.19. The van der Waals surface area contributed by atoms with E-state index in [4.69, 9.17) is 9.15 Å². The third kappa shape index (κ3) is 3.42. The van der Waals surface area contributed by atoms with Crippen LogP contribution >= 0.6 is 0 Å². The number of aryl methyl sites for hydroxylation is 1. The van der Waals surface area contributed by atoms with Crippen molar-refractivity contribution in [1.82, 2.24) is 15.5 Å². The molecule has 0 fully saturated rings. The van der Waals surface area contributed by atoms with Gasteiger partial charge in [0, 0.05) is 18.4 Å². The number of nitrogens with one attached hydrogen (secondary N) is 1. The molecule has 1 N–H and O–H groups in total. The summed E-state index contributed by atoms with van der Waals surface area (Å²) in [5.74, 6) is 2.28. The highest BCUT2D eigenvalue weighted by atomic mass is 16.5. The van der Waals surface area contributed by atoms with Gasteiger partial charge in [-0.05, 0) is 49.7 Å². The van der Waals surface area contributed by atoms with E-state index in [-0.39, 0.29) is 0 Å². The van der Waals surface area contributed by atoms with Gasteiger partial charge in [-0.2, -0.15) is 0 Å². The van der Waals surface area contributed by atoms with Crippen LogP contribution < -0.4 is 10.1 Å². The van der Waals surface area contributed by atoms with E-state index in [1.54, 1.807) is 0 Å². The van der Waals surface area contributed by atoms with Crippen LogP contribution in [0.5, 0.6) is 5.75 Å². The number of nitrogens with zero attached hydrogens (tertiary/aromatic N) is 2. The van der Waals surface area contributed by atoms with Gasteiger partial charge in [0.1, 0.15) is 5.75 Å². The fourth-order valence-electron chi connectivity index (χ4n) is 2.46. The van der Waals surface area contributed by atoms with E-state index in [2.05, 4.69) is 28.5 Å². The molecule has 0 saturated carbocycles. The lowest BCUT2D eigenvalue weighted by atomic mass is 10.1. The predicted octanol–water partition coefficient (Wildman–Crippen LogP) is 2.60. The maximum absolute atomic E-state index is 5.75. The van der Waals surface area contributed by atoms with Crippen LogP contribution in [0.25, 0.3) is 11.5 Å². The summed E-state index contributed by atoms with van der Waals surface area (Å²) in [6.07, 6.45) is 3.94. The standard InChI is InChI=1S/C16H21N3O2/c1-2-8-17-9-3-4-15-18-19-16(21-15)13-5-6-14-12(11-13)7-10-20-14/h5-6,11,17H,2-4,7-10H2,1H3. The van der Waals surface area contributed by atoms with Gasteiger partial charge in [-0.15, -0.1) is 10.2 Å². The molecule has 1 aliphatic rings. The zero-order chi connectivity index (χ0) is 14.5. The SMILES string of the molecule is CCCNCCCc1nnc(-c2ccc3c(c2)CCO3)o1. The van der Waals surface area contributed by atoms with Crippen LogP contribution in [0.3, 0.4) is 0 Å². The summed E-state index contributed by atoms with van der Waals surface area (Å²) >= 11 is 0. The summed E-state index contributed by atoms with van der Waals surface area (Å²) in [4.78, 5) is 0. The van der Waals surface area contributed by atoms with E-state index in [0.29, 0.717) is 11.8 Å². The van der Waals surface area contributed by atoms with Gasteiger partial charge in [-0.1, -0.05) is 6.92 Å². The van der Waals surface area contributed by atoms with Crippen molar-refractivity contribution in [3.05, 3.63) is 29.7 Å². The van der Waals surface area contributed by atoms with Gasteiger partial charge < -0.3 is 14.5 Å². The Morgan fingerprint density at radius 2 is 2.19 bits per heavy atom. The molecule has 0 unspecified atom stereocenters. The maximum atomic E-state index is 5.75. The second-order valence-electron chi connectivity index (χ2n) is 5.28. The van der Waals surface area contributed by atoms with Crippen LogP contribution in [-0.2, 0) is 12.8 Å². The Balaban J connectivity index is 1.59. The molecule has 0 saturated heterocycles. The van der Waals surface area contributed by atoms with Crippen LogP contribution in [0.4, 0.5) is 0 Å². The zero-order valence-electron chi connectivity index (χ0n) is 12.4. The van der Waals surface area contributed by atoms with E-state index < -0.39 is 0 Å². The Morgan fingerprint density at radius 1 is 1.24 bits per heavy atom. The number of hydrogen-bond acceptors (Lipinski definition) is 5. The first kappa shape index (κ1) is 14.1. The topological polar surface area (TPSA) is 60.2 Å².